The van der Waals surface area contributed by atoms with E-state index < -0.39 is 17.5 Å². The lowest BCUT2D eigenvalue weighted by atomic mass is 9.98. The molecule has 208 valence electrons. The van der Waals surface area contributed by atoms with Gasteiger partial charge in [0.25, 0.3) is 5.56 Å². The van der Waals surface area contributed by atoms with E-state index in [1.165, 1.54) is 20.1 Å². The summed E-state index contributed by atoms with van der Waals surface area (Å²) in [6.07, 6.45) is 1.10. The number of carbonyl (C=O) groups is 3. The van der Waals surface area contributed by atoms with E-state index in [1.54, 1.807) is 30.3 Å². The normalized spacial score (nSPS) is 13.1. The number of methoxy groups -OCH3 is 1. The van der Waals surface area contributed by atoms with Crippen LogP contribution in [0.25, 0.3) is 11.1 Å². The van der Waals surface area contributed by atoms with Crippen LogP contribution in [0.15, 0.2) is 77.6 Å². The summed E-state index contributed by atoms with van der Waals surface area (Å²) in [6.45, 7) is 1.42. The number of benzene rings is 3. The van der Waals surface area contributed by atoms with Crippen molar-refractivity contribution in [2.24, 2.45) is 0 Å². The van der Waals surface area contributed by atoms with Gasteiger partial charge < -0.3 is 15.4 Å². The van der Waals surface area contributed by atoms with Crippen LogP contribution in [0.3, 0.4) is 0 Å². The number of nitrogens with zero attached hydrogens (tertiary/aromatic N) is 2. The van der Waals surface area contributed by atoms with Crippen LogP contribution in [0.5, 0.6) is 5.88 Å². The van der Waals surface area contributed by atoms with Gasteiger partial charge in [-0.1, -0.05) is 41.9 Å². The predicted molar refractivity (Wildman–Crippen MR) is 157 cm³/mol. The van der Waals surface area contributed by atoms with Gasteiger partial charge in [0.15, 0.2) is 5.78 Å². The van der Waals surface area contributed by atoms with Crippen LogP contribution in [0, 0.1) is 0 Å². The summed E-state index contributed by atoms with van der Waals surface area (Å²) in [4.78, 5) is 51.4. The lowest BCUT2D eigenvalue weighted by molar-refractivity contribution is -0.119. The van der Waals surface area contributed by atoms with Gasteiger partial charge in [-0.2, -0.15) is 0 Å². The number of hydrogen-bond acceptors (Lipinski definition) is 6. The zero-order valence-corrected chi connectivity index (χ0v) is 23.2. The van der Waals surface area contributed by atoms with E-state index >= 15 is 0 Å². The molecule has 3 aromatic carbocycles. The molecule has 9 nitrogen and oxygen atoms in total. The Labute approximate surface area is 241 Å². The Morgan fingerprint density at radius 2 is 1.80 bits per heavy atom. The monoisotopic (exact) mass is 570 g/mol. The molecule has 1 aliphatic heterocycles. The second kappa shape index (κ2) is 11.8. The summed E-state index contributed by atoms with van der Waals surface area (Å²) in [7, 11) is 1.40. The summed E-state index contributed by atoms with van der Waals surface area (Å²) < 4.78 is 6.65. The summed E-state index contributed by atoms with van der Waals surface area (Å²) in [5, 5.41) is 10.6. The molecule has 2 amide bonds. The van der Waals surface area contributed by atoms with Crippen molar-refractivity contribution in [2.45, 2.75) is 32.2 Å². The second-order valence-corrected chi connectivity index (χ2v) is 10.1. The highest BCUT2D eigenvalue weighted by Gasteiger charge is 2.27. The molecule has 0 aliphatic carbocycles. The zero-order chi connectivity index (χ0) is 29.1. The third kappa shape index (κ3) is 6.05. The lowest BCUT2D eigenvalue weighted by Crippen LogP contribution is -2.36. The molecule has 0 spiro atoms. The molecule has 2 N–H and O–H groups in total. The number of nitrogens with one attached hydrogen (secondary N) is 2. The average molecular weight is 571 g/mol. The number of halogens is 1. The van der Waals surface area contributed by atoms with E-state index in [0.717, 1.165) is 15.8 Å². The Balaban J connectivity index is 1.55. The third-order valence-corrected chi connectivity index (χ3v) is 7.14. The quantitative estimate of drug-likeness (QED) is 0.285. The summed E-state index contributed by atoms with van der Waals surface area (Å²) in [5.74, 6) is -0.655. The smallest absolute Gasteiger partial charge is 0.268 e. The van der Waals surface area contributed by atoms with E-state index in [1.807, 2.05) is 36.4 Å². The fourth-order valence-electron chi connectivity index (χ4n) is 4.88. The third-order valence-electron chi connectivity index (χ3n) is 6.91. The minimum Gasteiger partial charge on any atom is -0.480 e. The van der Waals surface area contributed by atoms with Gasteiger partial charge in [-0.3, -0.25) is 19.2 Å². The molecule has 1 atom stereocenters. The number of rotatable bonds is 8. The highest BCUT2D eigenvalue weighted by molar-refractivity contribution is 6.31. The topological polar surface area (TPSA) is 119 Å². The van der Waals surface area contributed by atoms with Gasteiger partial charge in [-0.15, -0.1) is 5.10 Å². The predicted octanol–water partition coefficient (Wildman–Crippen LogP) is 5.08. The largest absolute Gasteiger partial charge is 0.480 e. The number of aryl methyl sites for hydroxylation is 1. The average Bonchev–Trinajstić information content (AvgIpc) is 2.96. The van der Waals surface area contributed by atoms with Crippen LogP contribution in [0.4, 0.5) is 11.4 Å². The van der Waals surface area contributed by atoms with Crippen LogP contribution in [0.1, 0.15) is 40.9 Å². The molecular formula is C31H27ClN4O5. The van der Waals surface area contributed by atoms with Crippen molar-refractivity contribution in [1.82, 2.24) is 9.78 Å². The number of anilines is 2. The van der Waals surface area contributed by atoms with Crippen LogP contribution in [-0.2, 0) is 22.4 Å². The number of ketones is 1. The first-order chi connectivity index (χ1) is 19.7. The molecule has 10 heteroatoms. The van der Waals surface area contributed by atoms with Gasteiger partial charge in [0, 0.05) is 40.9 Å². The molecule has 5 rings (SSSR count). The van der Waals surface area contributed by atoms with Gasteiger partial charge in [0.1, 0.15) is 6.04 Å². The molecule has 2 heterocycles. The Kier molecular flexibility index (Phi) is 7.98. The van der Waals surface area contributed by atoms with Crippen LogP contribution >= 0.6 is 11.6 Å². The Morgan fingerprint density at radius 3 is 2.54 bits per heavy atom. The van der Waals surface area contributed by atoms with Crippen molar-refractivity contribution in [3.05, 3.63) is 105 Å². The number of fused-ring (bicyclic) bond motifs is 1. The molecule has 4 aromatic rings. The van der Waals surface area contributed by atoms with Gasteiger partial charge in [-0.25, -0.2) is 4.68 Å². The maximum atomic E-state index is 13.7. The van der Waals surface area contributed by atoms with E-state index in [-0.39, 0.29) is 29.6 Å². The molecule has 0 radical (unpaired) electrons. The van der Waals surface area contributed by atoms with Gasteiger partial charge >= 0.3 is 0 Å². The molecule has 0 saturated carbocycles. The highest BCUT2D eigenvalue weighted by Crippen LogP contribution is 2.33. The highest BCUT2D eigenvalue weighted by atomic mass is 35.5. The second-order valence-electron chi connectivity index (χ2n) is 9.71. The van der Waals surface area contributed by atoms with Gasteiger partial charge in [-0.05, 0) is 66.4 Å². The molecule has 0 bridgehead atoms. The summed E-state index contributed by atoms with van der Waals surface area (Å²) in [5.41, 5.74) is 3.47. The summed E-state index contributed by atoms with van der Waals surface area (Å²) in [6, 6.07) is 19.6. The van der Waals surface area contributed by atoms with Crippen LogP contribution in [0.2, 0.25) is 5.02 Å². The van der Waals surface area contributed by atoms with Crippen LogP contribution < -0.4 is 20.9 Å². The van der Waals surface area contributed by atoms with E-state index in [9.17, 15) is 19.2 Å². The molecule has 0 unspecified atom stereocenters. The van der Waals surface area contributed by atoms with Crippen molar-refractivity contribution < 1.29 is 19.1 Å². The number of aromatic nitrogens is 2. The first kappa shape index (κ1) is 27.8. The molecule has 1 aliphatic rings. The van der Waals surface area contributed by atoms with E-state index in [4.69, 9.17) is 16.3 Å². The first-order valence-electron chi connectivity index (χ1n) is 13.0. The van der Waals surface area contributed by atoms with Crippen molar-refractivity contribution >= 4 is 40.6 Å². The Bertz CT molecular complexity index is 1720. The van der Waals surface area contributed by atoms with Crippen molar-refractivity contribution in [3.8, 4) is 17.0 Å². The molecule has 0 fully saturated rings. The number of Topliss-reactive ketones (excluding diaryl/α,β-unsaturated/α-hetero) is 1. The van der Waals surface area contributed by atoms with Gasteiger partial charge in [0.2, 0.25) is 17.7 Å². The Morgan fingerprint density at radius 1 is 1.02 bits per heavy atom. The SMILES string of the molecule is COc1nn([C@@H](Cc2ccccc2)C(=O)Nc2ccc3c(c2)CCC(=O)N3)c(=O)cc1-c1cc(Cl)ccc1C(C)=O. The maximum Gasteiger partial charge on any atom is 0.268 e. The van der Waals surface area contributed by atoms with Crippen LogP contribution in [-0.4, -0.2) is 34.5 Å². The lowest BCUT2D eigenvalue weighted by Gasteiger charge is -2.21. The first-order valence-corrected chi connectivity index (χ1v) is 13.4. The molecular weight excluding hydrogens is 544 g/mol. The minimum atomic E-state index is -1.03. The minimum absolute atomic E-state index is 0.0479. The van der Waals surface area contributed by atoms with Gasteiger partial charge in [0.05, 0.1) is 12.7 Å². The number of ether oxygens (including phenoxy) is 1. The fraction of sp³-hybridized carbons (Fsp3) is 0.194. The maximum absolute atomic E-state index is 13.7. The van der Waals surface area contributed by atoms with Crippen molar-refractivity contribution in [2.75, 3.05) is 17.7 Å². The molecule has 1 aromatic heterocycles. The number of hydrogen-bond donors (Lipinski definition) is 2. The standard InChI is InChI=1S/C31H27ClN4O5/c1-18(37)23-11-9-21(32)16-24(23)25-17-29(39)36(35-31(25)41-2)27(14-19-6-4-3-5-7-19)30(40)33-22-10-12-26-20(15-22)8-13-28(38)34-26/h3-7,9-12,15-17,27H,8,13-14H2,1-2H3,(H,33,40)(H,34,38)/t27-/m0/s1. The Hall–Kier alpha value is -4.76. The molecule has 0 saturated heterocycles. The fourth-order valence-corrected chi connectivity index (χ4v) is 5.05. The zero-order valence-electron chi connectivity index (χ0n) is 22.4. The summed E-state index contributed by atoms with van der Waals surface area (Å²) >= 11 is 6.22. The van der Waals surface area contributed by atoms with E-state index in [0.29, 0.717) is 40.4 Å². The van der Waals surface area contributed by atoms with E-state index in [2.05, 4.69) is 15.7 Å². The van der Waals surface area contributed by atoms with Crippen molar-refractivity contribution in [3.63, 3.8) is 0 Å². The van der Waals surface area contributed by atoms with Crippen molar-refractivity contribution in [1.29, 1.82) is 0 Å². The number of carbonyl (C=O) groups excluding carboxylic acids is 3. The number of amides is 2. The molecule has 41 heavy (non-hydrogen) atoms.